The van der Waals surface area contributed by atoms with Gasteiger partial charge in [0.1, 0.15) is 23.0 Å². The normalized spacial score (nSPS) is 12.3. The minimum Gasteiger partial charge on any atom is -0.457 e. The molecule has 0 aliphatic carbocycles. The number of halogens is 6. The quantitative estimate of drug-likeness (QED) is 0.0829. The smallest absolute Gasteiger partial charge is 0.411 e. The zero-order valence-electron chi connectivity index (χ0n) is 27.4. The van der Waals surface area contributed by atoms with Gasteiger partial charge in [-0.2, -0.15) is 46.8 Å². The number of azo groups is 2. The van der Waals surface area contributed by atoms with Crippen LogP contribution >= 0.6 is 0 Å². The number of alkyl halides is 6. The number of nitrogens with two attached hydrogens (primary N) is 2. The topological polar surface area (TPSA) is 120 Å². The fourth-order valence-electron chi connectivity index (χ4n) is 5.27. The van der Waals surface area contributed by atoms with Crippen molar-refractivity contribution in [1.29, 1.82) is 0 Å². The van der Waals surface area contributed by atoms with Gasteiger partial charge in [-0.1, -0.05) is 24.3 Å². The predicted molar refractivity (Wildman–Crippen MR) is 189 cm³/mol. The highest BCUT2D eigenvalue weighted by molar-refractivity contribution is 5.51. The molecular weight excluding hydrogens is 698 g/mol. The predicted octanol–water partition coefficient (Wildman–Crippen LogP) is 12.7. The Labute approximate surface area is 299 Å². The molecule has 0 saturated carbocycles. The molecule has 6 aromatic rings. The summed E-state index contributed by atoms with van der Waals surface area (Å²) in [6.45, 7) is 0. The number of ether oxygens (including phenoxy) is 2. The van der Waals surface area contributed by atoms with E-state index in [1.165, 1.54) is 24.3 Å². The molecule has 0 saturated heterocycles. The maximum atomic E-state index is 14.8. The number of benzene rings is 6. The third-order valence-corrected chi connectivity index (χ3v) is 7.92. The van der Waals surface area contributed by atoms with Crippen molar-refractivity contribution < 1.29 is 35.8 Å². The van der Waals surface area contributed by atoms with Gasteiger partial charge in [-0.3, -0.25) is 0 Å². The van der Waals surface area contributed by atoms with E-state index in [9.17, 15) is 26.3 Å². The molecule has 6 aromatic carbocycles. The summed E-state index contributed by atoms with van der Waals surface area (Å²) in [5, 5.41) is 16.4. The lowest BCUT2D eigenvalue weighted by molar-refractivity contribution is -0.288. The molecule has 8 nitrogen and oxygen atoms in total. The number of hydrogen-bond donors (Lipinski definition) is 2. The Morgan fingerprint density at radius 2 is 0.566 bits per heavy atom. The van der Waals surface area contributed by atoms with Gasteiger partial charge in [0.25, 0.3) is 0 Å². The molecule has 0 atom stereocenters. The molecule has 53 heavy (non-hydrogen) atoms. The van der Waals surface area contributed by atoms with E-state index < -0.39 is 28.9 Å². The Morgan fingerprint density at radius 3 is 0.811 bits per heavy atom. The molecule has 0 fully saturated rings. The van der Waals surface area contributed by atoms with Crippen LogP contribution in [0.5, 0.6) is 23.0 Å². The van der Waals surface area contributed by atoms with Crippen LogP contribution in [0.2, 0.25) is 0 Å². The molecule has 0 bridgehead atoms. The maximum Gasteiger partial charge on any atom is 0.411 e. The van der Waals surface area contributed by atoms with Gasteiger partial charge >= 0.3 is 12.4 Å². The van der Waals surface area contributed by atoms with Crippen molar-refractivity contribution in [3.8, 4) is 23.0 Å². The fraction of sp³-hybridized carbons (Fsp3) is 0.0769. The lowest BCUT2D eigenvalue weighted by Crippen LogP contribution is -2.54. The number of hydrogen-bond acceptors (Lipinski definition) is 8. The van der Waals surface area contributed by atoms with Gasteiger partial charge in [0, 0.05) is 11.4 Å². The second-order valence-electron chi connectivity index (χ2n) is 11.6. The molecule has 0 spiro atoms. The first kappa shape index (κ1) is 36.1. The van der Waals surface area contributed by atoms with Crippen LogP contribution in [0.3, 0.4) is 0 Å². The number of nitrogens with zero attached hydrogens (tertiary/aromatic N) is 4. The lowest BCUT2D eigenvalue weighted by Gasteiger charge is -2.38. The van der Waals surface area contributed by atoms with E-state index in [1.54, 1.807) is 72.8 Å². The second kappa shape index (κ2) is 14.9. The third kappa shape index (κ3) is 8.28. The van der Waals surface area contributed by atoms with Crippen molar-refractivity contribution in [1.82, 2.24) is 0 Å². The molecule has 0 amide bonds. The van der Waals surface area contributed by atoms with Crippen LogP contribution in [0.15, 0.2) is 166 Å². The van der Waals surface area contributed by atoms with Gasteiger partial charge in [0.15, 0.2) is 0 Å². The van der Waals surface area contributed by atoms with Crippen LogP contribution in [0.4, 0.5) is 60.5 Å². The molecule has 4 N–H and O–H groups in total. The summed E-state index contributed by atoms with van der Waals surface area (Å²) in [6, 6.07) is 33.2. The zero-order valence-corrected chi connectivity index (χ0v) is 27.4. The second-order valence-corrected chi connectivity index (χ2v) is 11.6. The minimum absolute atomic E-state index is 0.0183. The fourth-order valence-corrected chi connectivity index (χ4v) is 5.27. The maximum absolute atomic E-state index is 14.8. The average Bonchev–Trinajstić information content (AvgIpc) is 3.13. The van der Waals surface area contributed by atoms with Crippen LogP contribution in [-0.2, 0) is 5.41 Å². The van der Waals surface area contributed by atoms with E-state index in [1.807, 2.05) is 0 Å². The van der Waals surface area contributed by atoms with Gasteiger partial charge < -0.3 is 20.9 Å². The Hall–Kier alpha value is -6.70. The summed E-state index contributed by atoms with van der Waals surface area (Å²) in [7, 11) is 0. The molecule has 0 radical (unpaired) electrons. The summed E-state index contributed by atoms with van der Waals surface area (Å²) < 4.78 is 100.0. The Bertz CT molecular complexity index is 2030. The Morgan fingerprint density at radius 1 is 0.340 bits per heavy atom. The molecule has 14 heteroatoms. The van der Waals surface area contributed by atoms with E-state index in [2.05, 4.69) is 20.5 Å². The van der Waals surface area contributed by atoms with Crippen molar-refractivity contribution in [2.75, 3.05) is 11.5 Å². The molecule has 0 aliphatic rings. The van der Waals surface area contributed by atoms with Crippen LogP contribution < -0.4 is 20.9 Å². The van der Waals surface area contributed by atoms with E-state index >= 15 is 0 Å². The van der Waals surface area contributed by atoms with Crippen LogP contribution in [-0.4, -0.2) is 12.4 Å². The summed E-state index contributed by atoms with van der Waals surface area (Å²) in [4.78, 5) is 0. The van der Waals surface area contributed by atoms with Gasteiger partial charge in [0.2, 0.25) is 5.41 Å². The van der Waals surface area contributed by atoms with Crippen LogP contribution in [0, 0.1) is 0 Å². The first-order valence-corrected chi connectivity index (χ1v) is 15.8. The van der Waals surface area contributed by atoms with E-state index in [-0.39, 0.29) is 23.0 Å². The molecule has 268 valence electrons. The third-order valence-electron chi connectivity index (χ3n) is 7.92. The van der Waals surface area contributed by atoms with Gasteiger partial charge in [-0.25, -0.2) is 0 Å². The average molecular weight is 727 g/mol. The monoisotopic (exact) mass is 726 g/mol. The largest absolute Gasteiger partial charge is 0.457 e. The highest BCUT2D eigenvalue weighted by atomic mass is 19.4. The van der Waals surface area contributed by atoms with Crippen molar-refractivity contribution >= 4 is 34.1 Å². The molecule has 0 aliphatic heterocycles. The molecule has 0 unspecified atom stereocenters. The Balaban J connectivity index is 1.18. The van der Waals surface area contributed by atoms with Crippen molar-refractivity contribution in [2.24, 2.45) is 20.5 Å². The molecule has 6 rings (SSSR count). The van der Waals surface area contributed by atoms with Gasteiger partial charge in [-0.15, -0.1) is 0 Å². The zero-order chi connectivity index (χ0) is 37.6. The standard InChI is InChI=1S/C39H28F6N6O2/c40-38(41,42)37(39(43,44)45,25-1-17-33(18-2-25)52-35-21-13-31(14-22-35)50-48-29-9-5-27(46)6-10-29)26-3-19-34(20-4-26)53-36-23-15-32(16-24-36)51-49-30-11-7-28(47)8-12-30/h1-24H,46-47H2. The summed E-state index contributed by atoms with van der Waals surface area (Å²) >= 11 is 0. The van der Waals surface area contributed by atoms with Crippen molar-refractivity contribution in [3.05, 3.63) is 157 Å². The summed E-state index contributed by atoms with van der Waals surface area (Å²) in [5.74, 6) is 0.583. The van der Waals surface area contributed by atoms with Crippen molar-refractivity contribution in [2.45, 2.75) is 17.8 Å². The van der Waals surface area contributed by atoms with E-state index in [4.69, 9.17) is 20.9 Å². The summed E-state index contributed by atoms with van der Waals surface area (Å²) in [6.07, 6.45) is -11.5. The SMILES string of the molecule is Nc1ccc(N=Nc2ccc(Oc3ccc(C(c4ccc(Oc5ccc(N=Nc6ccc(N)cc6)cc5)cc4)(C(F)(F)F)C(F)(F)F)cc3)cc2)cc1. The number of nitrogen functional groups attached to an aromatic ring is 2. The first-order valence-electron chi connectivity index (χ1n) is 15.8. The lowest BCUT2D eigenvalue weighted by atomic mass is 9.73. The minimum atomic E-state index is -5.77. The molecule has 0 aromatic heterocycles. The van der Waals surface area contributed by atoms with E-state index in [0.29, 0.717) is 34.1 Å². The molecular formula is C39H28F6N6O2. The number of anilines is 2. The van der Waals surface area contributed by atoms with Crippen molar-refractivity contribution in [3.63, 3.8) is 0 Å². The Kier molecular flexibility index (Phi) is 10.1. The van der Waals surface area contributed by atoms with Gasteiger partial charge in [-0.05, 0) is 132 Å². The van der Waals surface area contributed by atoms with Crippen LogP contribution in [0.25, 0.3) is 0 Å². The van der Waals surface area contributed by atoms with E-state index in [0.717, 1.165) is 48.5 Å². The van der Waals surface area contributed by atoms with Crippen LogP contribution in [0.1, 0.15) is 11.1 Å². The molecule has 0 heterocycles. The number of rotatable bonds is 10. The first-order chi connectivity index (χ1) is 25.3. The summed E-state index contributed by atoms with van der Waals surface area (Å²) in [5.41, 5.74) is 8.16. The highest BCUT2D eigenvalue weighted by Gasteiger charge is 2.72. The van der Waals surface area contributed by atoms with Gasteiger partial charge in [0.05, 0.1) is 22.7 Å². The highest BCUT2D eigenvalue weighted by Crippen LogP contribution is 2.56.